The number of hydrogen-bond acceptors (Lipinski definition) is 5. The van der Waals surface area contributed by atoms with Crippen LogP contribution in [0.4, 0.5) is 0 Å². The van der Waals surface area contributed by atoms with Crippen LogP contribution in [0.2, 0.25) is 0 Å². The molecule has 0 spiro atoms. The number of nitrogens with zero attached hydrogens (tertiary/aromatic N) is 3. The van der Waals surface area contributed by atoms with Crippen molar-refractivity contribution in [3.05, 3.63) is 59.9 Å². The summed E-state index contributed by atoms with van der Waals surface area (Å²) in [6, 6.07) is 11.2. The maximum Gasteiger partial charge on any atom is 0.260 e. The van der Waals surface area contributed by atoms with Crippen LogP contribution in [0.25, 0.3) is 0 Å². The van der Waals surface area contributed by atoms with E-state index in [1.807, 2.05) is 17.2 Å². The smallest absolute Gasteiger partial charge is 0.260 e. The number of amides is 1. The first-order valence-electron chi connectivity index (χ1n) is 9.20. The van der Waals surface area contributed by atoms with Crippen molar-refractivity contribution in [3.8, 4) is 5.75 Å². The summed E-state index contributed by atoms with van der Waals surface area (Å²) in [5.41, 5.74) is 1.82. The molecule has 6 nitrogen and oxygen atoms in total. The summed E-state index contributed by atoms with van der Waals surface area (Å²) in [5, 5.41) is 0. The summed E-state index contributed by atoms with van der Waals surface area (Å²) in [6.45, 7) is 6.74. The van der Waals surface area contributed by atoms with E-state index in [4.69, 9.17) is 4.74 Å². The topological polar surface area (TPSA) is 62.7 Å². The van der Waals surface area contributed by atoms with E-state index in [-0.39, 0.29) is 24.3 Å². The molecule has 3 rings (SSSR count). The Morgan fingerprint density at radius 3 is 2.41 bits per heavy atom. The van der Waals surface area contributed by atoms with Gasteiger partial charge in [-0.25, -0.2) is 0 Å². The largest absolute Gasteiger partial charge is 0.484 e. The molecular formula is C21H25N3O3. The molecule has 0 aliphatic carbocycles. The predicted octanol–water partition coefficient (Wildman–Crippen LogP) is 2.57. The second-order valence-corrected chi connectivity index (χ2v) is 6.75. The highest BCUT2D eigenvalue weighted by molar-refractivity contribution is 5.94. The molecule has 1 aromatic carbocycles. The summed E-state index contributed by atoms with van der Waals surface area (Å²) in [7, 11) is 0. The van der Waals surface area contributed by atoms with Gasteiger partial charge in [0.2, 0.25) is 0 Å². The Labute approximate surface area is 159 Å². The first kappa shape index (κ1) is 19.0. The fraction of sp³-hybridized carbons (Fsp3) is 0.381. The molecule has 1 atom stereocenters. The lowest BCUT2D eigenvalue weighted by atomic mass is 10.1. The summed E-state index contributed by atoms with van der Waals surface area (Å²) >= 11 is 0. The fourth-order valence-corrected chi connectivity index (χ4v) is 3.21. The van der Waals surface area contributed by atoms with E-state index in [9.17, 15) is 9.59 Å². The van der Waals surface area contributed by atoms with Crippen LogP contribution in [0.15, 0.2) is 48.8 Å². The quantitative estimate of drug-likeness (QED) is 0.735. The molecule has 6 heteroatoms. The number of pyridine rings is 1. The molecule has 2 aromatic rings. The second-order valence-electron chi connectivity index (χ2n) is 6.75. The zero-order valence-electron chi connectivity index (χ0n) is 15.8. The Morgan fingerprint density at radius 2 is 1.81 bits per heavy atom. The number of piperazine rings is 1. The lowest BCUT2D eigenvalue weighted by Gasteiger charge is -2.38. The number of aromatic nitrogens is 1. The highest BCUT2D eigenvalue weighted by Crippen LogP contribution is 2.20. The van der Waals surface area contributed by atoms with Crippen molar-refractivity contribution in [2.45, 2.75) is 19.9 Å². The number of benzene rings is 1. The van der Waals surface area contributed by atoms with Gasteiger partial charge in [-0.15, -0.1) is 0 Å². The minimum atomic E-state index is -0.0145. The normalized spacial score (nSPS) is 16.0. The molecule has 1 fully saturated rings. The summed E-state index contributed by atoms with van der Waals surface area (Å²) < 4.78 is 5.57. The van der Waals surface area contributed by atoms with Crippen molar-refractivity contribution in [1.82, 2.24) is 14.8 Å². The molecule has 0 saturated carbocycles. The molecule has 0 N–H and O–H groups in total. The molecule has 0 bridgehead atoms. The zero-order chi connectivity index (χ0) is 19.2. The van der Waals surface area contributed by atoms with Crippen LogP contribution in [0.5, 0.6) is 5.75 Å². The van der Waals surface area contributed by atoms with Crippen LogP contribution in [-0.4, -0.2) is 59.3 Å². The number of carbonyl (C=O) groups is 2. The van der Waals surface area contributed by atoms with Crippen LogP contribution in [0.1, 0.15) is 35.8 Å². The molecular weight excluding hydrogens is 342 g/mol. The Balaban J connectivity index is 1.46. The minimum Gasteiger partial charge on any atom is -0.484 e. The molecule has 1 saturated heterocycles. The Kier molecular flexibility index (Phi) is 6.19. The highest BCUT2D eigenvalue weighted by atomic mass is 16.5. The molecule has 1 amide bonds. The second kappa shape index (κ2) is 8.77. The summed E-state index contributed by atoms with van der Waals surface area (Å²) in [5.74, 6) is 0.590. The van der Waals surface area contributed by atoms with Crippen molar-refractivity contribution in [2.24, 2.45) is 0 Å². The molecule has 1 aromatic heterocycles. The van der Waals surface area contributed by atoms with Gasteiger partial charge in [0.05, 0.1) is 0 Å². The van der Waals surface area contributed by atoms with Crippen LogP contribution in [-0.2, 0) is 4.79 Å². The van der Waals surface area contributed by atoms with E-state index in [2.05, 4.69) is 22.9 Å². The third-order valence-electron chi connectivity index (χ3n) is 5.00. The van der Waals surface area contributed by atoms with Gasteiger partial charge < -0.3 is 9.64 Å². The van der Waals surface area contributed by atoms with E-state index < -0.39 is 0 Å². The standard InChI is InChI=1S/C21H25N3O3/c1-16(19-4-3-9-22-14-19)23-10-12-24(13-11-23)21(26)15-27-20-7-5-18(6-8-20)17(2)25/h3-9,14,16H,10-13,15H2,1-2H3. The number of ketones is 1. The minimum absolute atomic E-state index is 0.0102. The predicted molar refractivity (Wildman–Crippen MR) is 103 cm³/mol. The molecule has 1 aliphatic rings. The van der Waals surface area contributed by atoms with Gasteiger partial charge in [0.25, 0.3) is 5.91 Å². The fourth-order valence-electron chi connectivity index (χ4n) is 3.21. The first-order chi connectivity index (χ1) is 13.0. The Morgan fingerprint density at radius 1 is 1.11 bits per heavy atom. The summed E-state index contributed by atoms with van der Waals surface area (Å²) in [6.07, 6.45) is 3.67. The van der Waals surface area contributed by atoms with E-state index in [0.29, 0.717) is 24.4 Å². The average molecular weight is 367 g/mol. The molecule has 0 radical (unpaired) electrons. The van der Waals surface area contributed by atoms with E-state index in [1.54, 1.807) is 30.5 Å². The third-order valence-corrected chi connectivity index (χ3v) is 5.00. The average Bonchev–Trinajstić information content (AvgIpc) is 2.72. The third kappa shape index (κ3) is 4.92. The molecule has 142 valence electrons. The van der Waals surface area contributed by atoms with Crippen molar-refractivity contribution in [1.29, 1.82) is 0 Å². The van der Waals surface area contributed by atoms with Gasteiger partial charge in [-0.05, 0) is 49.7 Å². The van der Waals surface area contributed by atoms with Crippen LogP contribution < -0.4 is 4.74 Å². The van der Waals surface area contributed by atoms with Gasteiger partial charge in [-0.2, -0.15) is 0 Å². The number of carbonyl (C=O) groups excluding carboxylic acids is 2. The molecule has 1 aliphatic heterocycles. The van der Waals surface area contributed by atoms with Gasteiger partial charge in [0, 0.05) is 50.2 Å². The van der Waals surface area contributed by atoms with E-state index in [1.165, 1.54) is 12.5 Å². The first-order valence-corrected chi connectivity index (χ1v) is 9.20. The molecule has 27 heavy (non-hydrogen) atoms. The number of Topliss-reactive ketones (excluding diaryl/α,β-unsaturated/α-hetero) is 1. The number of ether oxygens (including phenoxy) is 1. The SMILES string of the molecule is CC(=O)c1ccc(OCC(=O)N2CCN(C(C)c3cccnc3)CC2)cc1. The lowest BCUT2D eigenvalue weighted by molar-refractivity contribution is -0.135. The highest BCUT2D eigenvalue weighted by Gasteiger charge is 2.25. The van der Waals surface area contributed by atoms with E-state index in [0.717, 1.165) is 13.1 Å². The van der Waals surface area contributed by atoms with Gasteiger partial charge in [-0.1, -0.05) is 6.07 Å². The van der Waals surface area contributed by atoms with E-state index >= 15 is 0 Å². The van der Waals surface area contributed by atoms with Crippen molar-refractivity contribution in [2.75, 3.05) is 32.8 Å². The maximum atomic E-state index is 12.4. The molecule has 2 heterocycles. The maximum absolute atomic E-state index is 12.4. The molecule has 1 unspecified atom stereocenters. The van der Waals surface area contributed by atoms with Gasteiger partial charge in [0.1, 0.15) is 5.75 Å². The Bertz CT molecular complexity index is 769. The van der Waals surface area contributed by atoms with Crippen LogP contribution in [0.3, 0.4) is 0 Å². The van der Waals surface area contributed by atoms with Crippen molar-refractivity contribution >= 4 is 11.7 Å². The summed E-state index contributed by atoms with van der Waals surface area (Å²) in [4.78, 5) is 32.1. The van der Waals surface area contributed by atoms with Gasteiger partial charge in [0.15, 0.2) is 12.4 Å². The lowest BCUT2D eigenvalue weighted by Crippen LogP contribution is -2.50. The Hall–Kier alpha value is -2.73. The monoisotopic (exact) mass is 367 g/mol. The van der Waals surface area contributed by atoms with Crippen LogP contribution in [0, 0.1) is 0 Å². The van der Waals surface area contributed by atoms with Crippen molar-refractivity contribution in [3.63, 3.8) is 0 Å². The van der Waals surface area contributed by atoms with Crippen LogP contribution >= 0.6 is 0 Å². The number of rotatable bonds is 6. The number of hydrogen-bond donors (Lipinski definition) is 0. The van der Waals surface area contributed by atoms with Crippen molar-refractivity contribution < 1.29 is 14.3 Å². The zero-order valence-corrected chi connectivity index (χ0v) is 15.8. The van der Waals surface area contributed by atoms with Gasteiger partial charge in [-0.3, -0.25) is 19.5 Å². The van der Waals surface area contributed by atoms with Gasteiger partial charge >= 0.3 is 0 Å².